The minimum atomic E-state index is -3.33. The van der Waals surface area contributed by atoms with Crippen LogP contribution in [0.1, 0.15) is 85.5 Å². The molecule has 0 aromatic rings. The van der Waals surface area contributed by atoms with Gasteiger partial charge in [-0.05, 0) is 43.9 Å². The molecular weight excluding hydrogens is 562 g/mol. The Bertz CT molecular complexity index is 1140. The van der Waals surface area contributed by atoms with Gasteiger partial charge in [0.2, 0.25) is 21.8 Å². The van der Waals surface area contributed by atoms with Gasteiger partial charge in [-0.15, -0.1) is 0 Å². The van der Waals surface area contributed by atoms with E-state index in [1.807, 2.05) is 32.9 Å². The van der Waals surface area contributed by atoms with Crippen LogP contribution in [0.5, 0.6) is 0 Å². The van der Waals surface area contributed by atoms with Crippen LogP contribution in [-0.4, -0.2) is 96.1 Å². The SMILES string of the molecule is CCCCCC/C=C\C1C[C@]1(NC(=O)[C@@H]1CCCN1C(=O)CNC(=O)NC(CN1CCCS1(=O)=O)C(C)(C)C)C(=O)O. The third-order valence-corrected chi connectivity index (χ3v) is 10.5. The summed E-state index contributed by atoms with van der Waals surface area (Å²) < 4.78 is 25.9. The Morgan fingerprint density at radius 1 is 1.10 bits per heavy atom. The van der Waals surface area contributed by atoms with Crippen molar-refractivity contribution in [2.45, 2.75) is 103 Å². The Hall–Kier alpha value is -2.67. The van der Waals surface area contributed by atoms with Gasteiger partial charge in [-0.1, -0.05) is 59.1 Å². The van der Waals surface area contributed by atoms with Crippen molar-refractivity contribution >= 4 is 33.8 Å². The molecule has 4 atom stereocenters. The normalized spacial score (nSPS) is 26.2. The highest BCUT2D eigenvalue weighted by atomic mass is 32.2. The molecule has 42 heavy (non-hydrogen) atoms. The third kappa shape index (κ3) is 8.68. The Labute approximate surface area is 250 Å². The number of urea groups is 1. The summed E-state index contributed by atoms with van der Waals surface area (Å²) in [6, 6.07) is -1.90. The summed E-state index contributed by atoms with van der Waals surface area (Å²) in [7, 11) is -3.33. The summed E-state index contributed by atoms with van der Waals surface area (Å²) in [4.78, 5) is 52.4. The number of allylic oxidation sites excluding steroid dienone is 1. The number of aliphatic carboxylic acids is 1. The second-order valence-electron chi connectivity index (χ2n) is 12.9. The average Bonchev–Trinajstić information content (AvgIpc) is 3.21. The van der Waals surface area contributed by atoms with Gasteiger partial charge in [-0.2, -0.15) is 4.31 Å². The van der Waals surface area contributed by atoms with E-state index in [1.165, 1.54) is 15.6 Å². The predicted octanol–water partition coefficient (Wildman–Crippen LogP) is 2.21. The number of nitrogens with one attached hydrogen (secondary N) is 3. The number of hydrogen-bond donors (Lipinski definition) is 4. The smallest absolute Gasteiger partial charge is 0.330 e. The highest BCUT2D eigenvalue weighted by Crippen LogP contribution is 2.45. The Kier molecular flexibility index (Phi) is 11.4. The molecule has 2 heterocycles. The molecule has 1 aliphatic carbocycles. The van der Waals surface area contributed by atoms with E-state index in [2.05, 4.69) is 22.9 Å². The van der Waals surface area contributed by atoms with E-state index in [-0.39, 0.29) is 24.8 Å². The summed E-state index contributed by atoms with van der Waals surface area (Å²) in [5, 5.41) is 18.0. The lowest BCUT2D eigenvalue weighted by atomic mass is 9.86. The number of amides is 4. The number of hydrogen-bond acceptors (Lipinski definition) is 6. The van der Waals surface area contributed by atoms with Crippen molar-refractivity contribution in [2.75, 3.05) is 31.9 Å². The molecule has 238 valence electrons. The van der Waals surface area contributed by atoms with Crippen molar-refractivity contribution in [1.29, 1.82) is 0 Å². The van der Waals surface area contributed by atoms with Crippen LogP contribution in [0.4, 0.5) is 4.79 Å². The molecule has 0 bridgehead atoms. The fourth-order valence-corrected chi connectivity index (χ4v) is 7.19. The van der Waals surface area contributed by atoms with Gasteiger partial charge in [0, 0.05) is 31.6 Å². The zero-order chi connectivity index (χ0) is 31.1. The van der Waals surface area contributed by atoms with E-state index in [1.54, 1.807) is 0 Å². The molecular formula is C29H49N5O7S. The maximum atomic E-state index is 13.2. The van der Waals surface area contributed by atoms with E-state index in [9.17, 15) is 32.7 Å². The monoisotopic (exact) mass is 611 g/mol. The number of carbonyl (C=O) groups excluding carboxylic acids is 3. The topological polar surface area (TPSA) is 165 Å². The minimum Gasteiger partial charge on any atom is -0.479 e. The second kappa shape index (κ2) is 14.2. The van der Waals surface area contributed by atoms with Crippen LogP contribution in [0.3, 0.4) is 0 Å². The van der Waals surface area contributed by atoms with Crippen molar-refractivity contribution in [2.24, 2.45) is 11.3 Å². The van der Waals surface area contributed by atoms with Gasteiger partial charge in [-0.25, -0.2) is 18.0 Å². The highest BCUT2D eigenvalue weighted by Gasteiger charge is 2.61. The van der Waals surface area contributed by atoms with Crippen molar-refractivity contribution in [3.8, 4) is 0 Å². The standard InChI is InChI=1S/C29H49N5O7S/c1-5-6-7-8-9-10-13-21-18-29(21,26(37)38)32-25(36)22-14-11-16-34(22)24(35)19-30-27(39)31-23(28(2,3)4)20-33-15-12-17-42(33,40)41/h10,13,21-23H,5-9,11-12,14-20H2,1-4H3,(H,32,36)(H,37,38)(H2,30,31,39)/b13-10-/t21?,22-,23?,29+/m0/s1. The number of likely N-dealkylation sites (tertiary alicyclic amines) is 1. The highest BCUT2D eigenvalue weighted by molar-refractivity contribution is 7.89. The third-order valence-electron chi connectivity index (χ3n) is 8.55. The number of nitrogens with zero attached hydrogens (tertiary/aromatic N) is 2. The van der Waals surface area contributed by atoms with Crippen LogP contribution < -0.4 is 16.0 Å². The van der Waals surface area contributed by atoms with Gasteiger partial charge in [0.1, 0.15) is 11.6 Å². The summed E-state index contributed by atoms with van der Waals surface area (Å²) in [6.45, 7) is 8.38. The van der Waals surface area contributed by atoms with E-state index in [4.69, 9.17) is 0 Å². The van der Waals surface area contributed by atoms with Gasteiger partial charge in [0.15, 0.2) is 0 Å². The molecule has 4 amide bonds. The Morgan fingerprint density at radius 2 is 1.83 bits per heavy atom. The quantitative estimate of drug-likeness (QED) is 0.173. The molecule has 2 saturated heterocycles. The molecule has 2 unspecified atom stereocenters. The minimum absolute atomic E-state index is 0.0964. The molecule has 3 fully saturated rings. The molecule has 3 aliphatic rings. The van der Waals surface area contributed by atoms with Crippen LogP contribution in [0.2, 0.25) is 0 Å². The van der Waals surface area contributed by atoms with E-state index in [0.717, 1.165) is 25.7 Å². The molecule has 3 rings (SSSR count). The number of unbranched alkanes of at least 4 members (excludes halogenated alkanes) is 4. The average molecular weight is 612 g/mol. The first kappa shape index (κ1) is 33.8. The molecule has 12 nitrogen and oxygen atoms in total. The summed E-state index contributed by atoms with van der Waals surface area (Å²) in [5.41, 5.74) is -1.79. The maximum Gasteiger partial charge on any atom is 0.330 e. The largest absolute Gasteiger partial charge is 0.479 e. The van der Waals surface area contributed by atoms with Crippen LogP contribution >= 0.6 is 0 Å². The number of carbonyl (C=O) groups is 4. The number of rotatable bonds is 14. The first-order valence-corrected chi connectivity index (χ1v) is 16.9. The van der Waals surface area contributed by atoms with Gasteiger partial charge in [0.25, 0.3) is 0 Å². The van der Waals surface area contributed by atoms with Crippen LogP contribution in [-0.2, 0) is 24.4 Å². The predicted molar refractivity (Wildman–Crippen MR) is 159 cm³/mol. The molecule has 1 saturated carbocycles. The van der Waals surface area contributed by atoms with Crippen molar-refractivity contribution < 1.29 is 32.7 Å². The van der Waals surface area contributed by atoms with Crippen LogP contribution in [0, 0.1) is 11.3 Å². The van der Waals surface area contributed by atoms with Gasteiger partial charge < -0.3 is 26.0 Å². The first-order chi connectivity index (χ1) is 19.7. The zero-order valence-corrected chi connectivity index (χ0v) is 26.3. The first-order valence-electron chi connectivity index (χ1n) is 15.2. The molecule has 0 spiro atoms. The maximum absolute atomic E-state index is 13.2. The Morgan fingerprint density at radius 3 is 2.45 bits per heavy atom. The van der Waals surface area contributed by atoms with Gasteiger partial charge >= 0.3 is 12.0 Å². The van der Waals surface area contributed by atoms with E-state index < -0.39 is 56.9 Å². The lowest BCUT2D eigenvalue weighted by Gasteiger charge is -2.34. The van der Waals surface area contributed by atoms with Gasteiger partial charge in [-0.3, -0.25) is 9.59 Å². The molecule has 4 N–H and O–H groups in total. The van der Waals surface area contributed by atoms with Gasteiger partial charge in [0.05, 0.1) is 12.3 Å². The second-order valence-corrected chi connectivity index (χ2v) is 15.0. The summed E-state index contributed by atoms with van der Waals surface area (Å²) in [6.07, 6.45) is 11.1. The molecule has 2 aliphatic heterocycles. The number of carboxylic acid groups (broad SMARTS) is 1. The molecule has 0 aromatic carbocycles. The fraction of sp³-hybridized carbons (Fsp3) is 0.793. The lowest BCUT2D eigenvalue weighted by molar-refractivity contribution is -0.145. The fourth-order valence-electron chi connectivity index (χ4n) is 5.66. The molecule has 13 heteroatoms. The van der Waals surface area contributed by atoms with Crippen LogP contribution in [0.25, 0.3) is 0 Å². The van der Waals surface area contributed by atoms with Crippen molar-refractivity contribution in [1.82, 2.24) is 25.2 Å². The van der Waals surface area contributed by atoms with E-state index in [0.29, 0.717) is 38.8 Å². The van der Waals surface area contributed by atoms with E-state index >= 15 is 0 Å². The number of sulfonamides is 1. The van der Waals surface area contributed by atoms with Crippen molar-refractivity contribution in [3.05, 3.63) is 12.2 Å². The zero-order valence-electron chi connectivity index (χ0n) is 25.5. The Balaban J connectivity index is 1.52. The molecule has 0 aromatic heterocycles. The number of carboxylic acids is 1. The summed E-state index contributed by atoms with van der Waals surface area (Å²) >= 11 is 0. The van der Waals surface area contributed by atoms with Crippen molar-refractivity contribution in [3.63, 3.8) is 0 Å². The van der Waals surface area contributed by atoms with Crippen LogP contribution in [0.15, 0.2) is 12.2 Å². The summed E-state index contributed by atoms with van der Waals surface area (Å²) in [5.74, 6) is -2.21. The lowest BCUT2D eigenvalue weighted by Crippen LogP contribution is -2.56. The molecule has 0 radical (unpaired) electrons.